The lowest BCUT2D eigenvalue weighted by Gasteiger charge is -2.19. The van der Waals surface area contributed by atoms with E-state index in [4.69, 9.17) is 4.74 Å². The topological polar surface area (TPSA) is 67.4 Å². The Bertz CT molecular complexity index is 1030. The summed E-state index contributed by atoms with van der Waals surface area (Å²) in [5, 5.41) is 7.56. The molecular formula is C24H26N2O3S. The molecule has 0 radical (unpaired) electrons. The van der Waals surface area contributed by atoms with E-state index in [1.165, 1.54) is 11.3 Å². The molecule has 5 nitrogen and oxygen atoms in total. The van der Waals surface area contributed by atoms with Crippen LogP contribution in [0, 0.1) is 6.92 Å². The molecule has 2 aromatic carbocycles. The van der Waals surface area contributed by atoms with Crippen molar-refractivity contribution in [3.63, 3.8) is 0 Å². The van der Waals surface area contributed by atoms with Gasteiger partial charge < -0.3 is 15.4 Å². The minimum Gasteiger partial charge on any atom is -0.481 e. The van der Waals surface area contributed by atoms with Gasteiger partial charge in [0, 0.05) is 11.4 Å². The van der Waals surface area contributed by atoms with E-state index in [-0.39, 0.29) is 11.8 Å². The lowest BCUT2D eigenvalue weighted by Crippen LogP contribution is -2.30. The van der Waals surface area contributed by atoms with Crippen LogP contribution in [-0.2, 0) is 4.79 Å². The molecule has 1 aromatic heterocycles. The Morgan fingerprint density at radius 3 is 2.33 bits per heavy atom. The molecule has 1 unspecified atom stereocenters. The number of nitrogens with one attached hydrogen (secondary N) is 2. The third kappa shape index (κ3) is 5.48. The monoisotopic (exact) mass is 422 g/mol. The molecule has 1 heterocycles. The first kappa shape index (κ1) is 21.6. The van der Waals surface area contributed by atoms with Crippen molar-refractivity contribution < 1.29 is 14.3 Å². The summed E-state index contributed by atoms with van der Waals surface area (Å²) in [6.45, 7) is 7.92. The van der Waals surface area contributed by atoms with Gasteiger partial charge >= 0.3 is 0 Å². The smallest absolute Gasteiger partial charge is 0.265 e. The molecule has 30 heavy (non-hydrogen) atoms. The highest BCUT2D eigenvalue weighted by molar-refractivity contribution is 7.12. The zero-order valence-electron chi connectivity index (χ0n) is 17.6. The normalized spacial score (nSPS) is 11.8. The molecule has 0 saturated carbocycles. The lowest BCUT2D eigenvalue weighted by atomic mass is 10.0. The summed E-state index contributed by atoms with van der Waals surface area (Å²) in [5.41, 5.74) is 3.35. The largest absolute Gasteiger partial charge is 0.481 e. The van der Waals surface area contributed by atoms with E-state index >= 15 is 0 Å². The molecule has 0 bridgehead atoms. The molecule has 0 aliphatic heterocycles. The second kappa shape index (κ2) is 9.59. The van der Waals surface area contributed by atoms with E-state index in [0.29, 0.717) is 22.2 Å². The molecule has 0 spiro atoms. The van der Waals surface area contributed by atoms with Crippen molar-refractivity contribution in [2.75, 3.05) is 10.6 Å². The van der Waals surface area contributed by atoms with Gasteiger partial charge in [0.25, 0.3) is 11.8 Å². The Morgan fingerprint density at radius 1 is 0.933 bits per heavy atom. The zero-order valence-corrected chi connectivity index (χ0v) is 18.4. The molecule has 156 valence electrons. The highest BCUT2D eigenvalue weighted by atomic mass is 32.1. The van der Waals surface area contributed by atoms with Crippen molar-refractivity contribution >= 4 is 34.5 Å². The summed E-state index contributed by atoms with van der Waals surface area (Å²) in [4.78, 5) is 25.5. The maximum Gasteiger partial charge on any atom is 0.265 e. The standard InChI is InChI=1S/C24H26N2O3S/c1-15(2)20-11-10-16(3)13-21(20)29-17(4)23(27)25-18-7-5-8-19(14-18)26-24(28)22-9-6-12-30-22/h5-15,17H,1-4H3,(H,25,27)(H,26,28). The summed E-state index contributed by atoms with van der Waals surface area (Å²) in [7, 11) is 0. The number of hydrogen-bond donors (Lipinski definition) is 2. The predicted octanol–water partition coefficient (Wildman–Crippen LogP) is 5.84. The number of thiophene rings is 1. The molecule has 6 heteroatoms. The van der Waals surface area contributed by atoms with Crippen molar-refractivity contribution in [1.29, 1.82) is 0 Å². The molecule has 0 fully saturated rings. The third-order valence-corrected chi connectivity index (χ3v) is 5.47. The van der Waals surface area contributed by atoms with Gasteiger partial charge in [0.15, 0.2) is 6.10 Å². The quantitative estimate of drug-likeness (QED) is 0.503. The number of hydrogen-bond acceptors (Lipinski definition) is 4. The molecule has 0 aliphatic carbocycles. The van der Waals surface area contributed by atoms with Crippen LogP contribution >= 0.6 is 11.3 Å². The van der Waals surface area contributed by atoms with Gasteiger partial charge in [0.2, 0.25) is 0 Å². The van der Waals surface area contributed by atoms with Crippen LogP contribution in [0.25, 0.3) is 0 Å². The average Bonchev–Trinajstić information content (AvgIpc) is 3.23. The van der Waals surface area contributed by atoms with Gasteiger partial charge in [0.1, 0.15) is 5.75 Å². The number of carbonyl (C=O) groups excluding carboxylic acids is 2. The molecule has 2 amide bonds. The second-order valence-corrected chi connectivity index (χ2v) is 8.41. The van der Waals surface area contributed by atoms with Gasteiger partial charge in [0.05, 0.1) is 4.88 Å². The first-order valence-electron chi connectivity index (χ1n) is 9.86. The number of aryl methyl sites for hydroxylation is 1. The fourth-order valence-corrected chi connectivity index (χ4v) is 3.60. The fraction of sp³-hybridized carbons (Fsp3) is 0.250. The second-order valence-electron chi connectivity index (χ2n) is 7.46. The molecule has 0 saturated heterocycles. The van der Waals surface area contributed by atoms with Crippen molar-refractivity contribution in [3.8, 4) is 5.75 Å². The van der Waals surface area contributed by atoms with Gasteiger partial charge in [-0.1, -0.05) is 38.1 Å². The van der Waals surface area contributed by atoms with Gasteiger partial charge in [-0.05, 0) is 66.6 Å². The van der Waals surface area contributed by atoms with E-state index in [1.54, 1.807) is 37.3 Å². The molecule has 3 rings (SSSR count). The van der Waals surface area contributed by atoms with Crippen molar-refractivity contribution in [1.82, 2.24) is 0 Å². The molecule has 0 aliphatic rings. The van der Waals surface area contributed by atoms with Crippen LogP contribution in [0.5, 0.6) is 5.75 Å². The minimum atomic E-state index is -0.673. The Labute approximate surface area is 181 Å². The summed E-state index contributed by atoms with van der Waals surface area (Å²) < 4.78 is 5.98. The van der Waals surface area contributed by atoms with Crippen LogP contribution < -0.4 is 15.4 Å². The van der Waals surface area contributed by atoms with Gasteiger partial charge in [-0.25, -0.2) is 0 Å². The van der Waals surface area contributed by atoms with E-state index in [1.807, 2.05) is 36.6 Å². The molecular weight excluding hydrogens is 396 g/mol. The Morgan fingerprint density at radius 2 is 1.67 bits per heavy atom. The number of carbonyl (C=O) groups is 2. The summed E-state index contributed by atoms with van der Waals surface area (Å²) in [5.74, 6) is 0.586. The predicted molar refractivity (Wildman–Crippen MR) is 123 cm³/mol. The SMILES string of the molecule is Cc1ccc(C(C)C)c(OC(C)C(=O)Nc2cccc(NC(=O)c3cccs3)c2)c1. The van der Waals surface area contributed by atoms with E-state index < -0.39 is 6.10 Å². The van der Waals surface area contributed by atoms with Gasteiger partial charge in [-0.3, -0.25) is 9.59 Å². The maximum atomic E-state index is 12.7. The number of anilines is 2. The van der Waals surface area contributed by atoms with Gasteiger partial charge in [-0.15, -0.1) is 11.3 Å². The van der Waals surface area contributed by atoms with Crippen LogP contribution in [0.4, 0.5) is 11.4 Å². The number of amides is 2. The van der Waals surface area contributed by atoms with Crippen LogP contribution in [0.3, 0.4) is 0 Å². The third-order valence-electron chi connectivity index (χ3n) is 4.60. The van der Waals surface area contributed by atoms with Crippen LogP contribution in [0.15, 0.2) is 60.0 Å². The number of ether oxygens (including phenoxy) is 1. The highest BCUT2D eigenvalue weighted by Gasteiger charge is 2.18. The summed E-state index contributed by atoms with van der Waals surface area (Å²) in [6, 6.07) is 16.7. The Kier molecular flexibility index (Phi) is 6.90. The van der Waals surface area contributed by atoms with E-state index in [9.17, 15) is 9.59 Å². The van der Waals surface area contributed by atoms with Crippen LogP contribution in [-0.4, -0.2) is 17.9 Å². The maximum absolute atomic E-state index is 12.7. The first-order chi connectivity index (χ1) is 14.3. The summed E-state index contributed by atoms with van der Waals surface area (Å²) >= 11 is 1.38. The average molecular weight is 423 g/mol. The Hall–Kier alpha value is -3.12. The van der Waals surface area contributed by atoms with Crippen LogP contribution in [0.2, 0.25) is 0 Å². The molecule has 1 atom stereocenters. The number of rotatable bonds is 7. The Balaban J connectivity index is 1.66. The summed E-state index contributed by atoms with van der Waals surface area (Å²) in [6.07, 6.45) is -0.673. The zero-order chi connectivity index (χ0) is 21.7. The lowest BCUT2D eigenvalue weighted by molar-refractivity contribution is -0.122. The number of benzene rings is 2. The first-order valence-corrected chi connectivity index (χ1v) is 10.7. The molecule has 2 N–H and O–H groups in total. The van der Waals surface area contributed by atoms with Crippen molar-refractivity contribution in [3.05, 3.63) is 76.0 Å². The molecule has 3 aromatic rings. The van der Waals surface area contributed by atoms with Gasteiger partial charge in [-0.2, -0.15) is 0 Å². The van der Waals surface area contributed by atoms with Crippen molar-refractivity contribution in [2.45, 2.75) is 39.7 Å². The van der Waals surface area contributed by atoms with E-state index in [2.05, 4.69) is 24.5 Å². The fourth-order valence-electron chi connectivity index (χ4n) is 2.98. The van der Waals surface area contributed by atoms with Crippen molar-refractivity contribution in [2.24, 2.45) is 0 Å². The minimum absolute atomic E-state index is 0.175. The van der Waals surface area contributed by atoms with Crippen LogP contribution in [0.1, 0.15) is 47.5 Å². The highest BCUT2D eigenvalue weighted by Crippen LogP contribution is 2.28. The van der Waals surface area contributed by atoms with E-state index in [0.717, 1.165) is 16.9 Å².